The van der Waals surface area contributed by atoms with Crippen molar-refractivity contribution in [1.82, 2.24) is 20.5 Å². The molecule has 2 fully saturated rings. The molecule has 3 heterocycles. The minimum atomic E-state index is -4.61. The summed E-state index contributed by atoms with van der Waals surface area (Å²) in [5.41, 5.74) is 0.570. The molecule has 2 aliphatic heterocycles. The summed E-state index contributed by atoms with van der Waals surface area (Å²) in [4.78, 5) is 53.1. The van der Waals surface area contributed by atoms with Gasteiger partial charge in [0.1, 0.15) is 24.0 Å². The van der Waals surface area contributed by atoms with Gasteiger partial charge in [0, 0.05) is 29.9 Å². The van der Waals surface area contributed by atoms with Gasteiger partial charge in [-0.2, -0.15) is 18.1 Å². The first kappa shape index (κ1) is 25.5. The number of nitroso groups, excluding NO2 is 1. The van der Waals surface area contributed by atoms with Gasteiger partial charge in [-0.15, -0.1) is 0 Å². The van der Waals surface area contributed by atoms with Crippen LogP contribution in [0, 0.1) is 16.7 Å². The molecule has 13 heteroatoms. The van der Waals surface area contributed by atoms with E-state index in [1.807, 2.05) is 0 Å². The minimum absolute atomic E-state index is 0.0175. The van der Waals surface area contributed by atoms with Crippen molar-refractivity contribution in [3.63, 3.8) is 0 Å². The Bertz CT molecular complexity index is 1170. The number of H-pyrrole nitrogens is 1. The van der Waals surface area contributed by atoms with E-state index in [4.69, 9.17) is 4.74 Å². The maximum absolute atomic E-state index is 13.6. The van der Waals surface area contributed by atoms with E-state index in [2.05, 4.69) is 20.8 Å². The van der Waals surface area contributed by atoms with Crippen LogP contribution in [0.4, 0.5) is 13.2 Å². The third-order valence-corrected chi connectivity index (χ3v) is 6.78. The summed E-state index contributed by atoms with van der Waals surface area (Å²) in [6.07, 6.45) is -4.59. The van der Waals surface area contributed by atoms with Crippen molar-refractivity contribution in [2.75, 3.05) is 26.7 Å². The number of aromatic nitrogens is 1. The lowest BCUT2D eigenvalue weighted by molar-refractivity contribution is -0.170. The van der Waals surface area contributed by atoms with Crippen LogP contribution in [-0.2, 0) is 9.59 Å². The summed E-state index contributed by atoms with van der Waals surface area (Å²) in [5.74, 6) is -3.66. The van der Waals surface area contributed by atoms with Crippen LogP contribution < -0.4 is 15.4 Å². The van der Waals surface area contributed by atoms with Crippen LogP contribution in [0.2, 0.25) is 0 Å². The van der Waals surface area contributed by atoms with Crippen LogP contribution in [0.1, 0.15) is 29.8 Å². The Labute approximate surface area is 203 Å². The molecule has 0 aliphatic carbocycles. The van der Waals surface area contributed by atoms with Gasteiger partial charge in [-0.3, -0.25) is 14.4 Å². The molecule has 10 nitrogen and oxygen atoms in total. The number of carbonyl (C=O) groups is 3. The molecule has 0 radical (unpaired) electrons. The molecular formula is C23H26F3N5O5. The molecule has 0 bridgehead atoms. The zero-order valence-electron chi connectivity index (χ0n) is 19.4. The molecule has 2 aliphatic rings. The van der Waals surface area contributed by atoms with Gasteiger partial charge in [0.05, 0.1) is 19.1 Å². The van der Waals surface area contributed by atoms with E-state index in [0.717, 1.165) is 4.90 Å². The maximum atomic E-state index is 13.6. The van der Waals surface area contributed by atoms with Crippen molar-refractivity contribution >= 4 is 28.6 Å². The fraction of sp³-hybridized carbons (Fsp3) is 0.522. The van der Waals surface area contributed by atoms with Gasteiger partial charge >= 0.3 is 6.18 Å². The highest BCUT2D eigenvalue weighted by Crippen LogP contribution is 2.38. The molecule has 1 aromatic carbocycles. The number of ether oxygens (including phenoxy) is 1. The van der Waals surface area contributed by atoms with E-state index < -0.39 is 54.9 Å². The van der Waals surface area contributed by atoms with Crippen molar-refractivity contribution in [3.8, 4) is 5.75 Å². The second-order valence-electron chi connectivity index (χ2n) is 9.08. The number of hydrogen-bond donors (Lipinski definition) is 3. The lowest BCUT2D eigenvalue weighted by atomic mass is 9.97. The SMILES string of the molecule is COc1cccc2[nH]c(C(=O)N3C[C@H](C(F)(F)F)C[C@H]3C(=O)N[C@H](CN=O)C[C@@H]3CCNC3=O)cc12. The van der Waals surface area contributed by atoms with Crippen molar-refractivity contribution in [1.29, 1.82) is 0 Å². The summed E-state index contributed by atoms with van der Waals surface area (Å²) in [6.45, 7) is -0.568. The van der Waals surface area contributed by atoms with Crippen LogP contribution in [0.3, 0.4) is 0 Å². The zero-order chi connectivity index (χ0) is 26.0. The summed E-state index contributed by atoms with van der Waals surface area (Å²) >= 11 is 0. The van der Waals surface area contributed by atoms with Crippen LogP contribution in [0.25, 0.3) is 10.9 Å². The molecular weight excluding hydrogens is 483 g/mol. The van der Waals surface area contributed by atoms with Crippen LogP contribution in [0.15, 0.2) is 29.4 Å². The molecule has 194 valence electrons. The molecule has 36 heavy (non-hydrogen) atoms. The number of carbonyl (C=O) groups excluding carboxylic acids is 3. The largest absolute Gasteiger partial charge is 0.496 e. The minimum Gasteiger partial charge on any atom is -0.496 e. The molecule has 3 amide bonds. The molecule has 4 atom stereocenters. The quantitative estimate of drug-likeness (QED) is 0.470. The zero-order valence-corrected chi connectivity index (χ0v) is 19.4. The number of hydrogen-bond acceptors (Lipinski definition) is 6. The Morgan fingerprint density at radius 3 is 2.75 bits per heavy atom. The van der Waals surface area contributed by atoms with E-state index in [1.165, 1.54) is 13.2 Å². The second-order valence-corrected chi connectivity index (χ2v) is 9.08. The lowest BCUT2D eigenvalue weighted by Gasteiger charge is -2.26. The van der Waals surface area contributed by atoms with Crippen LogP contribution in [-0.4, -0.2) is 72.6 Å². The van der Waals surface area contributed by atoms with E-state index in [1.54, 1.807) is 18.2 Å². The fourth-order valence-electron chi connectivity index (χ4n) is 4.90. The second kappa shape index (κ2) is 10.2. The van der Waals surface area contributed by atoms with Gasteiger partial charge in [-0.1, -0.05) is 11.2 Å². The summed E-state index contributed by atoms with van der Waals surface area (Å²) in [6, 6.07) is 4.29. The van der Waals surface area contributed by atoms with E-state index in [9.17, 15) is 32.5 Å². The normalized spacial score (nSPS) is 22.9. The molecule has 0 saturated carbocycles. The Balaban J connectivity index is 1.57. The molecule has 0 spiro atoms. The molecule has 3 N–H and O–H groups in total. The highest BCUT2D eigenvalue weighted by molar-refractivity contribution is 6.01. The van der Waals surface area contributed by atoms with Crippen molar-refractivity contribution in [3.05, 3.63) is 34.9 Å². The van der Waals surface area contributed by atoms with Crippen LogP contribution >= 0.6 is 0 Å². The third kappa shape index (κ3) is 5.14. The van der Waals surface area contributed by atoms with E-state index in [-0.39, 0.29) is 24.6 Å². The van der Waals surface area contributed by atoms with Crippen molar-refractivity contribution in [2.24, 2.45) is 17.0 Å². The number of alkyl halides is 3. The van der Waals surface area contributed by atoms with Gasteiger partial charge in [-0.25, -0.2) is 0 Å². The molecule has 4 rings (SSSR count). The Morgan fingerprint density at radius 2 is 2.11 bits per heavy atom. The molecule has 2 saturated heterocycles. The monoisotopic (exact) mass is 509 g/mol. The Hall–Kier alpha value is -3.64. The Morgan fingerprint density at radius 1 is 1.33 bits per heavy atom. The van der Waals surface area contributed by atoms with Gasteiger partial charge in [0.25, 0.3) is 5.91 Å². The number of methoxy groups -OCH3 is 1. The topological polar surface area (TPSA) is 133 Å². The van der Waals surface area contributed by atoms with Crippen LogP contribution in [0.5, 0.6) is 5.75 Å². The van der Waals surface area contributed by atoms with Gasteiger partial charge in [0.15, 0.2) is 0 Å². The number of rotatable bonds is 8. The summed E-state index contributed by atoms with van der Waals surface area (Å²) in [5, 5.41) is 8.59. The van der Waals surface area contributed by atoms with Gasteiger partial charge in [-0.05, 0) is 37.5 Å². The number of halogens is 3. The first-order chi connectivity index (χ1) is 17.1. The standard InChI is InChI=1S/C23H26F3N5O5/c1-36-19-4-2-3-16-15(19)9-17(30-16)22(34)31-11-13(23(24,25)26)8-18(31)21(33)29-14(10-28-35)7-12-5-6-27-20(12)32/h2-4,9,12-14,18,30H,5-8,10-11H2,1H3,(H,27,32)(H,29,33)/t12-,13+,14-,18-/m0/s1. The number of amides is 3. The maximum Gasteiger partial charge on any atom is 0.393 e. The number of likely N-dealkylation sites (tertiary alicyclic amines) is 1. The molecule has 2 aromatic rings. The summed E-state index contributed by atoms with van der Waals surface area (Å²) in [7, 11) is 1.46. The number of aromatic amines is 1. The van der Waals surface area contributed by atoms with E-state index in [0.29, 0.717) is 29.6 Å². The number of nitrogens with zero attached hydrogens (tertiary/aromatic N) is 2. The smallest absolute Gasteiger partial charge is 0.393 e. The summed E-state index contributed by atoms with van der Waals surface area (Å²) < 4.78 is 46.1. The molecule has 0 unspecified atom stereocenters. The Kier molecular flexibility index (Phi) is 7.18. The highest BCUT2D eigenvalue weighted by Gasteiger charge is 2.51. The predicted molar refractivity (Wildman–Crippen MR) is 122 cm³/mol. The average molecular weight is 509 g/mol. The highest BCUT2D eigenvalue weighted by atomic mass is 19.4. The average Bonchev–Trinajstić information content (AvgIpc) is 3.56. The van der Waals surface area contributed by atoms with Crippen molar-refractivity contribution < 1.29 is 32.3 Å². The van der Waals surface area contributed by atoms with Crippen molar-refractivity contribution in [2.45, 2.75) is 37.5 Å². The third-order valence-electron chi connectivity index (χ3n) is 6.78. The number of nitrogens with one attached hydrogen (secondary N) is 3. The van der Waals surface area contributed by atoms with Gasteiger partial charge < -0.3 is 25.3 Å². The van der Waals surface area contributed by atoms with E-state index >= 15 is 0 Å². The first-order valence-electron chi connectivity index (χ1n) is 11.5. The number of fused-ring (bicyclic) bond motifs is 1. The molecule has 1 aromatic heterocycles. The lowest BCUT2D eigenvalue weighted by Crippen LogP contribution is -2.50. The fourth-order valence-corrected chi connectivity index (χ4v) is 4.90. The number of benzene rings is 1. The predicted octanol–water partition coefficient (Wildman–Crippen LogP) is 2.35. The first-order valence-corrected chi connectivity index (χ1v) is 11.5. The van der Waals surface area contributed by atoms with Gasteiger partial charge in [0.2, 0.25) is 11.8 Å².